The van der Waals surface area contributed by atoms with Crippen LogP contribution in [0.3, 0.4) is 0 Å². The Morgan fingerprint density at radius 3 is 1.95 bits per heavy atom. The van der Waals surface area contributed by atoms with Gasteiger partial charge in [0.25, 0.3) is 0 Å². The molecule has 5 heteroatoms. The van der Waals surface area contributed by atoms with E-state index in [1.807, 2.05) is 12.1 Å². The lowest BCUT2D eigenvalue weighted by Crippen LogP contribution is -2.27. The summed E-state index contributed by atoms with van der Waals surface area (Å²) in [4.78, 5) is 19.3. The second kappa shape index (κ2) is 9.36. The molecule has 0 atom stereocenters. The Morgan fingerprint density at radius 1 is 0.558 bits per heavy atom. The number of aromatic nitrogens is 3. The quantitative estimate of drug-likeness (QED) is 0.205. The van der Waals surface area contributed by atoms with Crippen molar-refractivity contribution in [1.82, 2.24) is 19.9 Å². The summed E-state index contributed by atoms with van der Waals surface area (Å²) >= 11 is 0. The van der Waals surface area contributed by atoms with Gasteiger partial charge in [-0.2, -0.15) is 0 Å². The maximum atomic E-state index is 5.17. The van der Waals surface area contributed by atoms with E-state index in [0.717, 1.165) is 40.6 Å². The van der Waals surface area contributed by atoms with E-state index in [1.54, 1.807) is 6.33 Å². The maximum absolute atomic E-state index is 5.17. The average molecular weight is 552 g/mol. The highest BCUT2D eigenvalue weighted by Gasteiger charge is 2.38. The van der Waals surface area contributed by atoms with Crippen LogP contribution in [0.4, 0.5) is 5.69 Å². The zero-order valence-electron chi connectivity index (χ0n) is 23.2. The van der Waals surface area contributed by atoms with Gasteiger partial charge in [-0.25, -0.2) is 15.0 Å². The highest BCUT2D eigenvalue weighted by molar-refractivity contribution is 6.23. The van der Waals surface area contributed by atoms with Crippen LogP contribution in [0.2, 0.25) is 0 Å². The largest absolute Gasteiger partial charge is 0.321 e. The summed E-state index contributed by atoms with van der Waals surface area (Å²) in [7, 11) is 0. The number of benzene rings is 6. The second-order valence-electron chi connectivity index (χ2n) is 10.9. The van der Waals surface area contributed by atoms with Crippen molar-refractivity contribution in [3.05, 3.63) is 157 Å². The molecule has 1 aromatic heterocycles. The Labute approximate surface area is 248 Å². The van der Waals surface area contributed by atoms with Crippen molar-refractivity contribution in [3.8, 4) is 11.4 Å². The molecule has 0 bridgehead atoms. The van der Waals surface area contributed by atoms with Gasteiger partial charge in [-0.3, -0.25) is 4.90 Å². The molecular weight excluding hydrogens is 526 g/mol. The van der Waals surface area contributed by atoms with Crippen LogP contribution in [-0.2, 0) is 0 Å². The number of para-hydroxylation sites is 1. The minimum absolute atomic E-state index is 0.632. The zero-order chi connectivity index (χ0) is 28.3. The van der Waals surface area contributed by atoms with Crippen LogP contribution < -0.4 is 4.90 Å². The molecule has 0 saturated carbocycles. The molecule has 0 aliphatic carbocycles. The zero-order valence-corrected chi connectivity index (χ0v) is 23.2. The topological polar surface area (TPSA) is 45.2 Å². The molecule has 0 radical (unpaired) electrons. The first kappa shape index (κ1) is 23.9. The van der Waals surface area contributed by atoms with Crippen molar-refractivity contribution >= 4 is 49.4 Å². The number of fused-ring (bicyclic) bond motifs is 1. The van der Waals surface area contributed by atoms with E-state index in [-0.39, 0.29) is 0 Å². The fraction of sp³-hybridized carbons (Fsp3) is 0.0263. The number of allylic oxidation sites excluding steroid dienone is 2. The van der Waals surface area contributed by atoms with Gasteiger partial charge in [0.15, 0.2) is 11.6 Å². The fourth-order valence-electron chi connectivity index (χ4n) is 6.62. The molecule has 0 spiro atoms. The molecular formula is C38H25N5. The van der Waals surface area contributed by atoms with Crippen molar-refractivity contribution < 1.29 is 0 Å². The first-order valence-corrected chi connectivity index (χ1v) is 14.5. The minimum Gasteiger partial charge on any atom is -0.321 e. The van der Waals surface area contributed by atoms with Crippen LogP contribution in [0.1, 0.15) is 11.4 Å². The number of rotatable bonds is 4. The van der Waals surface area contributed by atoms with Gasteiger partial charge in [0.1, 0.15) is 17.8 Å². The van der Waals surface area contributed by atoms with Crippen molar-refractivity contribution in [2.75, 3.05) is 11.4 Å². The first-order valence-electron chi connectivity index (χ1n) is 14.5. The van der Waals surface area contributed by atoms with E-state index >= 15 is 0 Å². The first-order chi connectivity index (χ1) is 21.3. The summed E-state index contributed by atoms with van der Waals surface area (Å²) in [5, 5.41) is 7.47. The molecule has 43 heavy (non-hydrogen) atoms. The Hall–Kier alpha value is -5.81. The van der Waals surface area contributed by atoms with Crippen molar-refractivity contribution in [2.24, 2.45) is 0 Å². The van der Waals surface area contributed by atoms with Gasteiger partial charge in [-0.05, 0) is 62.7 Å². The molecule has 0 N–H and O–H groups in total. The van der Waals surface area contributed by atoms with E-state index in [1.165, 1.54) is 32.3 Å². The molecule has 9 rings (SSSR count). The van der Waals surface area contributed by atoms with Crippen LogP contribution >= 0.6 is 0 Å². The van der Waals surface area contributed by atoms with Gasteiger partial charge in [-0.1, -0.05) is 103 Å². The van der Waals surface area contributed by atoms with Gasteiger partial charge in [0.2, 0.25) is 0 Å². The van der Waals surface area contributed by atoms with Crippen molar-refractivity contribution in [2.45, 2.75) is 0 Å². The van der Waals surface area contributed by atoms with Gasteiger partial charge in [0.05, 0.1) is 5.70 Å². The molecule has 0 fully saturated rings. The molecule has 0 unspecified atom stereocenters. The maximum Gasteiger partial charge on any atom is 0.182 e. The van der Waals surface area contributed by atoms with Gasteiger partial charge >= 0.3 is 0 Å². The third-order valence-electron chi connectivity index (χ3n) is 8.46. The molecule has 3 heterocycles. The Balaban J connectivity index is 1.26. The SMILES string of the molecule is C1=CCN2C(=C1)N(c1ccccc1)C(c1ncnc(-c3cc4ccc5cccc6ccc(c3)c4c56)n1)=C2c1ccccc1. The van der Waals surface area contributed by atoms with Crippen LogP contribution in [-0.4, -0.2) is 26.4 Å². The van der Waals surface area contributed by atoms with E-state index in [2.05, 4.69) is 131 Å². The van der Waals surface area contributed by atoms with E-state index in [9.17, 15) is 0 Å². The van der Waals surface area contributed by atoms with Crippen molar-refractivity contribution in [3.63, 3.8) is 0 Å². The van der Waals surface area contributed by atoms with E-state index in [4.69, 9.17) is 15.0 Å². The molecule has 5 nitrogen and oxygen atoms in total. The highest BCUT2D eigenvalue weighted by Crippen LogP contribution is 2.46. The third kappa shape index (κ3) is 3.68. The number of hydrogen-bond donors (Lipinski definition) is 0. The minimum atomic E-state index is 0.632. The monoisotopic (exact) mass is 551 g/mol. The third-order valence-corrected chi connectivity index (χ3v) is 8.46. The summed E-state index contributed by atoms with van der Waals surface area (Å²) < 4.78 is 0. The Bertz CT molecular complexity index is 2200. The molecule has 0 saturated heterocycles. The normalized spacial score (nSPS) is 14.7. The van der Waals surface area contributed by atoms with Gasteiger partial charge in [-0.15, -0.1) is 0 Å². The van der Waals surface area contributed by atoms with Crippen LogP contribution in [0.5, 0.6) is 0 Å². The van der Waals surface area contributed by atoms with Crippen LogP contribution in [0.15, 0.2) is 146 Å². The van der Waals surface area contributed by atoms with Crippen LogP contribution in [0, 0.1) is 0 Å². The lowest BCUT2D eigenvalue weighted by molar-refractivity contribution is 0.546. The number of anilines is 1. The highest BCUT2D eigenvalue weighted by atomic mass is 15.4. The predicted octanol–water partition coefficient (Wildman–Crippen LogP) is 8.50. The molecule has 7 aromatic rings. The molecule has 2 aliphatic rings. The second-order valence-corrected chi connectivity index (χ2v) is 10.9. The molecule has 0 amide bonds. The van der Waals surface area contributed by atoms with Gasteiger partial charge in [0, 0.05) is 23.4 Å². The number of nitrogens with zero attached hydrogens (tertiary/aromatic N) is 5. The smallest absolute Gasteiger partial charge is 0.182 e. The van der Waals surface area contributed by atoms with E-state index in [0.29, 0.717) is 11.6 Å². The predicted molar refractivity (Wildman–Crippen MR) is 175 cm³/mol. The molecule has 6 aromatic carbocycles. The Morgan fingerprint density at radius 2 is 1.21 bits per heavy atom. The Kier molecular flexibility index (Phi) is 5.19. The summed E-state index contributed by atoms with van der Waals surface area (Å²) in [6.45, 7) is 0.761. The van der Waals surface area contributed by atoms with E-state index < -0.39 is 0 Å². The summed E-state index contributed by atoms with van der Waals surface area (Å²) in [6.07, 6.45) is 8.11. The summed E-state index contributed by atoms with van der Waals surface area (Å²) in [6, 6.07) is 40.7. The summed E-state index contributed by atoms with van der Waals surface area (Å²) in [5.74, 6) is 2.36. The molecule has 2 aliphatic heterocycles. The lowest BCUT2D eigenvalue weighted by Gasteiger charge is -2.28. The lowest BCUT2D eigenvalue weighted by atomic mass is 9.93. The average Bonchev–Trinajstić information content (AvgIpc) is 3.43. The van der Waals surface area contributed by atoms with Gasteiger partial charge < -0.3 is 4.90 Å². The van der Waals surface area contributed by atoms with Crippen LogP contribution in [0.25, 0.3) is 55.1 Å². The standard InChI is InChI=1S/C38H25N5/c1-3-10-27(11-4-1)35-36(43(31-14-5-2-6-15-31)32-16-7-8-21-42(32)35)38-40-24-39-37(41-38)30-22-28-19-17-25-12-9-13-26-18-20-29(23-30)34(28)33(25)26/h1-20,22-24H,21H2. The summed E-state index contributed by atoms with van der Waals surface area (Å²) in [5.41, 5.74) is 5.16. The number of hydrogen-bond acceptors (Lipinski definition) is 5. The van der Waals surface area contributed by atoms with Crippen molar-refractivity contribution in [1.29, 1.82) is 0 Å². The molecule has 202 valence electrons. The fourth-order valence-corrected chi connectivity index (χ4v) is 6.62.